The Balaban J connectivity index is 1.43. The van der Waals surface area contributed by atoms with Crippen molar-refractivity contribution in [2.75, 3.05) is 39.9 Å². The van der Waals surface area contributed by atoms with E-state index in [0.29, 0.717) is 18.9 Å². The average molecular weight is 407 g/mol. The minimum atomic E-state index is 0.0797. The highest BCUT2D eigenvalue weighted by Crippen LogP contribution is 2.39. The van der Waals surface area contributed by atoms with E-state index in [1.54, 1.807) is 7.11 Å². The summed E-state index contributed by atoms with van der Waals surface area (Å²) in [5.41, 5.74) is 2.83. The Morgan fingerprint density at radius 2 is 1.53 bits per heavy atom. The van der Waals surface area contributed by atoms with Gasteiger partial charge in [-0.15, -0.1) is 0 Å². The Bertz CT molecular complexity index is 761. The van der Waals surface area contributed by atoms with Crippen molar-refractivity contribution in [2.24, 2.45) is 0 Å². The number of benzene rings is 2. The molecule has 2 heterocycles. The molecule has 4 nitrogen and oxygen atoms in total. The summed E-state index contributed by atoms with van der Waals surface area (Å²) in [4.78, 5) is 17.5. The molecule has 0 aliphatic carbocycles. The van der Waals surface area contributed by atoms with Crippen molar-refractivity contribution in [3.8, 4) is 0 Å². The van der Waals surface area contributed by atoms with Crippen molar-refractivity contribution in [3.63, 3.8) is 0 Å². The molecule has 2 saturated heterocycles. The van der Waals surface area contributed by atoms with Crippen LogP contribution < -0.4 is 0 Å². The molecule has 160 valence electrons. The van der Waals surface area contributed by atoms with Gasteiger partial charge in [-0.3, -0.25) is 4.79 Å². The summed E-state index contributed by atoms with van der Waals surface area (Å²) < 4.78 is 5.14. The van der Waals surface area contributed by atoms with Gasteiger partial charge in [-0.2, -0.15) is 0 Å². The van der Waals surface area contributed by atoms with Crippen LogP contribution >= 0.6 is 0 Å². The molecule has 4 heteroatoms. The van der Waals surface area contributed by atoms with Crippen molar-refractivity contribution in [2.45, 2.75) is 43.6 Å². The fraction of sp³-hybridized carbons (Fsp3) is 0.500. The zero-order chi connectivity index (χ0) is 20.8. The van der Waals surface area contributed by atoms with E-state index >= 15 is 0 Å². The molecule has 30 heavy (non-hydrogen) atoms. The van der Waals surface area contributed by atoms with Gasteiger partial charge in [0.15, 0.2) is 0 Å². The molecule has 2 aliphatic rings. The second kappa shape index (κ2) is 9.76. The third-order valence-electron chi connectivity index (χ3n) is 7.05. The van der Waals surface area contributed by atoms with Crippen LogP contribution in [-0.4, -0.2) is 61.1 Å². The number of rotatable bonds is 7. The highest BCUT2D eigenvalue weighted by molar-refractivity contribution is 5.77. The van der Waals surface area contributed by atoms with Gasteiger partial charge in [-0.05, 0) is 36.8 Å². The number of carbonyl (C=O) groups is 1. The van der Waals surface area contributed by atoms with Crippen molar-refractivity contribution in [3.05, 3.63) is 71.8 Å². The molecule has 0 atom stereocenters. The lowest BCUT2D eigenvalue weighted by atomic mass is 9.83. The first-order chi connectivity index (χ1) is 14.7. The normalized spacial score (nSPS) is 18.9. The second-order valence-electron chi connectivity index (χ2n) is 8.79. The minimum Gasteiger partial charge on any atom is -0.384 e. The largest absolute Gasteiger partial charge is 0.384 e. The van der Waals surface area contributed by atoms with Crippen molar-refractivity contribution in [1.82, 2.24) is 9.80 Å². The number of hydrogen-bond donors (Lipinski definition) is 0. The van der Waals surface area contributed by atoms with E-state index in [1.807, 2.05) is 0 Å². The van der Waals surface area contributed by atoms with Crippen LogP contribution in [0.15, 0.2) is 60.7 Å². The van der Waals surface area contributed by atoms with Crippen LogP contribution in [0.1, 0.15) is 49.1 Å². The Morgan fingerprint density at radius 1 is 0.933 bits per heavy atom. The maximum absolute atomic E-state index is 12.7. The Hall–Kier alpha value is -2.17. The number of piperidine rings is 1. The van der Waals surface area contributed by atoms with Gasteiger partial charge >= 0.3 is 0 Å². The van der Waals surface area contributed by atoms with Gasteiger partial charge < -0.3 is 14.5 Å². The van der Waals surface area contributed by atoms with Crippen LogP contribution in [0.4, 0.5) is 0 Å². The third-order valence-corrected chi connectivity index (χ3v) is 7.05. The van der Waals surface area contributed by atoms with Gasteiger partial charge in [-0.25, -0.2) is 0 Å². The summed E-state index contributed by atoms with van der Waals surface area (Å²) in [7, 11) is 1.67. The van der Waals surface area contributed by atoms with Gasteiger partial charge in [0, 0.05) is 44.7 Å². The summed E-state index contributed by atoms with van der Waals surface area (Å²) in [6.45, 7) is 4.59. The quantitative estimate of drug-likeness (QED) is 0.687. The van der Waals surface area contributed by atoms with E-state index in [9.17, 15) is 4.79 Å². The number of carbonyl (C=O) groups excluding carboxylic acids is 1. The lowest BCUT2D eigenvalue weighted by Gasteiger charge is -2.45. The van der Waals surface area contributed by atoms with Crippen LogP contribution in [-0.2, 0) is 9.53 Å². The first kappa shape index (κ1) is 21.1. The van der Waals surface area contributed by atoms with E-state index in [0.717, 1.165) is 51.9 Å². The molecule has 0 unspecified atom stereocenters. The highest BCUT2D eigenvalue weighted by atomic mass is 16.5. The van der Waals surface area contributed by atoms with E-state index in [2.05, 4.69) is 70.5 Å². The number of ether oxygens (including phenoxy) is 1. The van der Waals surface area contributed by atoms with E-state index < -0.39 is 0 Å². The standard InChI is InChI=1S/C26H34N2O2/c1-30-20-13-25(29)28-17-8-14-26(28)15-18-27(19-16-26)21-24(22-9-4-2-5-10-22)23-11-6-3-7-12-23/h2-7,9-12,24H,8,13-21H2,1H3. The van der Waals surface area contributed by atoms with Crippen LogP contribution in [0.25, 0.3) is 0 Å². The highest BCUT2D eigenvalue weighted by Gasteiger charge is 2.45. The number of methoxy groups -OCH3 is 1. The molecule has 0 saturated carbocycles. The molecule has 2 aromatic rings. The van der Waals surface area contributed by atoms with Crippen molar-refractivity contribution in [1.29, 1.82) is 0 Å². The summed E-state index contributed by atoms with van der Waals surface area (Å²) in [5, 5.41) is 0. The molecular weight excluding hydrogens is 372 g/mol. The van der Waals surface area contributed by atoms with Gasteiger partial charge in [0.1, 0.15) is 0 Å². The summed E-state index contributed by atoms with van der Waals surface area (Å²) in [6.07, 6.45) is 4.96. The van der Waals surface area contributed by atoms with Gasteiger partial charge in [0.05, 0.1) is 13.0 Å². The molecule has 2 fully saturated rings. The fourth-order valence-electron chi connectivity index (χ4n) is 5.36. The molecule has 2 aromatic carbocycles. The lowest BCUT2D eigenvalue weighted by molar-refractivity contribution is -0.138. The topological polar surface area (TPSA) is 32.8 Å². The molecule has 2 aliphatic heterocycles. The van der Waals surface area contributed by atoms with Crippen LogP contribution in [0, 0.1) is 0 Å². The Morgan fingerprint density at radius 3 is 2.10 bits per heavy atom. The Labute approximate surface area is 180 Å². The zero-order valence-electron chi connectivity index (χ0n) is 18.1. The van der Waals surface area contributed by atoms with Crippen molar-refractivity contribution >= 4 is 5.91 Å². The molecule has 4 rings (SSSR count). The van der Waals surface area contributed by atoms with E-state index in [-0.39, 0.29) is 11.4 Å². The number of hydrogen-bond acceptors (Lipinski definition) is 3. The summed E-state index contributed by atoms with van der Waals surface area (Å²) in [6, 6.07) is 21.7. The summed E-state index contributed by atoms with van der Waals surface area (Å²) >= 11 is 0. The second-order valence-corrected chi connectivity index (χ2v) is 8.79. The predicted octanol–water partition coefficient (Wildman–Crippen LogP) is 4.31. The Kier molecular flexibility index (Phi) is 6.86. The number of amides is 1. The molecule has 1 amide bonds. The van der Waals surface area contributed by atoms with Crippen LogP contribution in [0.2, 0.25) is 0 Å². The van der Waals surface area contributed by atoms with E-state index in [4.69, 9.17) is 4.74 Å². The monoisotopic (exact) mass is 406 g/mol. The predicted molar refractivity (Wildman–Crippen MR) is 121 cm³/mol. The maximum Gasteiger partial charge on any atom is 0.225 e. The molecular formula is C26H34N2O2. The fourth-order valence-corrected chi connectivity index (χ4v) is 5.36. The minimum absolute atomic E-state index is 0.0797. The molecule has 0 bridgehead atoms. The number of nitrogens with zero attached hydrogens (tertiary/aromatic N) is 2. The third kappa shape index (κ3) is 4.60. The zero-order valence-corrected chi connectivity index (χ0v) is 18.1. The molecule has 1 spiro atoms. The van der Waals surface area contributed by atoms with Gasteiger partial charge in [-0.1, -0.05) is 60.7 Å². The first-order valence-electron chi connectivity index (χ1n) is 11.3. The van der Waals surface area contributed by atoms with E-state index in [1.165, 1.54) is 11.1 Å². The summed E-state index contributed by atoms with van der Waals surface area (Å²) in [5.74, 6) is 0.652. The molecule has 0 aromatic heterocycles. The molecule has 0 N–H and O–H groups in total. The van der Waals surface area contributed by atoms with Crippen LogP contribution in [0.3, 0.4) is 0 Å². The van der Waals surface area contributed by atoms with Crippen LogP contribution in [0.5, 0.6) is 0 Å². The maximum atomic E-state index is 12.7. The first-order valence-corrected chi connectivity index (χ1v) is 11.3. The molecule has 0 radical (unpaired) electrons. The average Bonchev–Trinajstić information content (AvgIpc) is 3.21. The number of likely N-dealkylation sites (tertiary alicyclic amines) is 2. The lowest BCUT2D eigenvalue weighted by Crippen LogP contribution is -2.54. The van der Waals surface area contributed by atoms with Gasteiger partial charge in [0.25, 0.3) is 0 Å². The SMILES string of the molecule is COCCC(=O)N1CCCC12CCN(CC(c1ccccc1)c1ccccc1)CC2. The van der Waals surface area contributed by atoms with Gasteiger partial charge in [0.2, 0.25) is 5.91 Å². The smallest absolute Gasteiger partial charge is 0.225 e. The van der Waals surface area contributed by atoms with Crippen molar-refractivity contribution < 1.29 is 9.53 Å².